The van der Waals surface area contributed by atoms with Crippen LogP contribution in [0.5, 0.6) is 5.75 Å². The predicted octanol–water partition coefficient (Wildman–Crippen LogP) is 2.09. The van der Waals surface area contributed by atoms with Gasteiger partial charge >= 0.3 is 0 Å². The number of primary sulfonamides is 1. The number of rotatable bonds is 5. The molecule has 0 atom stereocenters. The van der Waals surface area contributed by atoms with Gasteiger partial charge in [0.25, 0.3) is 5.91 Å². The fraction of sp³-hybridized carbons (Fsp3) is 0.333. The number of sulfonamides is 1. The lowest BCUT2D eigenvalue weighted by Crippen LogP contribution is -2.49. The highest BCUT2D eigenvalue weighted by Gasteiger charge is 2.26. The van der Waals surface area contributed by atoms with Crippen LogP contribution >= 0.6 is 0 Å². The Labute approximate surface area is 180 Å². The normalized spacial score (nSPS) is 14.5. The maximum atomic E-state index is 13.9. The number of halogens is 1. The third-order valence-corrected chi connectivity index (χ3v) is 5.79. The fourth-order valence-electron chi connectivity index (χ4n) is 3.34. The highest BCUT2D eigenvalue weighted by molar-refractivity contribution is 7.89. The highest BCUT2D eigenvalue weighted by Crippen LogP contribution is 2.26. The van der Waals surface area contributed by atoms with Crippen molar-refractivity contribution < 1.29 is 22.3 Å². The second-order valence-electron chi connectivity index (χ2n) is 7.42. The first-order chi connectivity index (χ1) is 14.6. The fourth-order valence-corrected chi connectivity index (χ4v) is 3.88. The maximum Gasteiger partial charge on any atom is 0.257 e. The number of carbonyl (C=O) groups excluding carboxylic acids is 1. The molecule has 0 spiro atoms. The molecule has 31 heavy (non-hydrogen) atoms. The molecule has 2 aromatic carbocycles. The molecule has 2 N–H and O–H groups in total. The van der Waals surface area contributed by atoms with Crippen LogP contribution in [-0.2, 0) is 10.0 Å². The molecule has 0 aromatic heterocycles. The monoisotopic (exact) mass is 446 g/mol. The Morgan fingerprint density at radius 1 is 1.16 bits per heavy atom. The lowest BCUT2D eigenvalue weighted by Gasteiger charge is -2.36. The first-order valence-corrected chi connectivity index (χ1v) is 11.2. The zero-order chi connectivity index (χ0) is 22.8. The lowest BCUT2D eigenvalue weighted by atomic mass is 10.1. The van der Waals surface area contributed by atoms with E-state index in [1.807, 2.05) is 4.90 Å². The smallest absolute Gasteiger partial charge is 0.257 e. The minimum absolute atomic E-state index is 0.0232. The van der Waals surface area contributed by atoms with Gasteiger partial charge in [-0.15, -0.1) is 0 Å². The van der Waals surface area contributed by atoms with E-state index in [0.29, 0.717) is 31.9 Å². The quantitative estimate of drug-likeness (QED) is 0.752. The zero-order valence-corrected chi connectivity index (χ0v) is 18.0. The van der Waals surface area contributed by atoms with Gasteiger partial charge in [0.15, 0.2) is 0 Å². The number of nitrogens with two attached hydrogens (primary N) is 1. The van der Waals surface area contributed by atoms with Crippen molar-refractivity contribution in [2.45, 2.75) is 24.8 Å². The van der Waals surface area contributed by atoms with Gasteiger partial charge in [-0.2, -0.15) is 5.26 Å². The van der Waals surface area contributed by atoms with Crippen LogP contribution in [0, 0.1) is 17.1 Å². The summed E-state index contributed by atoms with van der Waals surface area (Å²) < 4.78 is 43.1. The molecule has 1 amide bonds. The molecule has 1 saturated heterocycles. The standard InChI is InChI=1S/C21H23FN4O4S/c1-14(2)30-20-6-5-17(31(24,28)29)12-18(20)21(27)26-9-7-25(8-10-26)16-4-3-15(13-23)19(22)11-16/h3-6,11-12,14H,7-10H2,1-2H3,(H2,24,28,29). The van der Waals surface area contributed by atoms with E-state index < -0.39 is 15.8 Å². The van der Waals surface area contributed by atoms with Crippen LogP contribution in [0.2, 0.25) is 0 Å². The predicted molar refractivity (Wildman–Crippen MR) is 113 cm³/mol. The van der Waals surface area contributed by atoms with E-state index in [1.54, 1.807) is 30.9 Å². The summed E-state index contributed by atoms with van der Waals surface area (Å²) in [6, 6.07) is 10.2. The molecule has 3 rings (SSSR count). The maximum absolute atomic E-state index is 13.9. The molecule has 0 unspecified atom stereocenters. The Morgan fingerprint density at radius 2 is 1.84 bits per heavy atom. The van der Waals surface area contributed by atoms with Crippen molar-refractivity contribution in [2.24, 2.45) is 5.14 Å². The summed E-state index contributed by atoms with van der Waals surface area (Å²) in [6.45, 7) is 5.20. The Hall–Kier alpha value is -3.16. The van der Waals surface area contributed by atoms with Crippen LogP contribution in [0.15, 0.2) is 41.3 Å². The zero-order valence-electron chi connectivity index (χ0n) is 17.2. The Balaban J connectivity index is 1.80. The summed E-state index contributed by atoms with van der Waals surface area (Å²) in [5.41, 5.74) is 0.728. The van der Waals surface area contributed by atoms with E-state index in [0.717, 1.165) is 0 Å². The largest absolute Gasteiger partial charge is 0.490 e. The van der Waals surface area contributed by atoms with Crippen molar-refractivity contribution in [3.05, 3.63) is 53.3 Å². The van der Waals surface area contributed by atoms with Crippen LogP contribution in [0.25, 0.3) is 0 Å². The molecule has 0 saturated carbocycles. The number of amides is 1. The van der Waals surface area contributed by atoms with E-state index in [1.165, 1.54) is 30.3 Å². The summed E-state index contributed by atoms with van der Waals surface area (Å²) in [6.07, 6.45) is -0.213. The van der Waals surface area contributed by atoms with E-state index in [4.69, 9.17) is 15.1 Å². The summed E-state index contributed by atoms with van der Waals surface area (Å²) in [7, 11) is -3.98. The van der Waals surface area contributed by atoms with Crippen molar-refractivity contribution in [2.75, 3.05) is 31.1 Å². The van der Waals surface area contributed by atoms with Gasteiger partial charge in [-0.3, -0.25) is 4.79 Å². The summed E-state index contributed by atoms with van der Waals surface area (Å²) >= 11 is 0. The third kappa shape index (κ3) is 5.13. The molecule has 0 radical (unpaired) electrons. The van der Waals surface area contributed by atoms with E-state index in [2.05, 4.69) is 0 Å². The molecule has 164 valence electrons. The molecule has 1 fully saturated rings. The van der Waals surface area contributed by atoms with Crippen LogP contribution in [0.1, 0.15) is 29.8 Å². The van der Waals surface area contributed by atoms with Crippen molar-refractivity contribution in [1.82, 2.24) is 4.90 Å². The minimum Gasteiger partial charge on any atom is -0.490 e. The summed E-state index contributed by atoms with van der Waals surface area (Å²) in [4.78, 5) is 16.5. The number of benzene rings is 2. The number of hydrogen-bond donors (Lipinski definition) is 1. The van der Waals surface area contributed by atoms with Crippen LogP contribution in [-0.4, -0.2) is 51.5 Å². The molecule has 8 nitrogen and oxygen atoms in total. The van der Waals surface area contributed by atoms with Crippen molar-refractivity contribution in [3.63, 3.8) is 0 Å². The molecular formula is C21H23FN4O4S. The van der Waals surface area contributed by atoms with E-state index in [9.17, 15) is 17.6 Å². The Kier molecular flexibility index (Phi) is 6.48. The molecule has 1 aliphatic heterocycles. The number of piperazine rings is 1. The van der Waals surface area contributed by atoms with Crippen LogP contribution < -0.4 is 14.8 Å². The molecule has 2 aromatic rings. The Morgan fingerprint density at radius 3 is 2.39 bits per heavy atom. The highest BCUT2D eigenvalue weighted by atomic mass is 32.2. The molecule has 1 aliphatic rings. The molecule has 0 bridgehead atoms. The van der Waals surface area contributed by atoms with E-state index in [-0.39, 0.29) is 33.8 Å². The van der Waals surface area contributed by atoms with Gasteiger partial charge in [0.05, 0.1) is 22.1 Å². The number of nitrogens with zero attached hydrogens (tertiary/aromatic N) is 3. The topological polar surface area (TPSA) is 117 Å². The molecule has 1 heterocycles. The van der Waals surface area contributed by atoms with Crippen molar-refractivity contribution in [3.8, 4) is 11.8 Å². The van der Waals surface area contributed by atoms with Gasteiger partial charge in [-0.1, -0.05) is 0 Å². The molecule has 10 heteroatoms. The molecular weight excluding hydrogens is 423 g/mol. The van der Waals surface area contributed by atoms with Crippen molar-refractivity contribution >= 4 is 21.6 Å². The van der Waals surface area contributed by atoms with Crippen LogP contribution in [0.3, 0.4) is 0 Å². The number of ether oxygens (including phenoxy) is 1. The van der Waals surface area contributed by atoms with E-state index >= 15 is 0 Å². The minimum atomic E-state index is -3.98. The number of anilines is 1. The van der Waals surface area contributed by atoms with Gasteiger partial charge in [-0.05, 0) is 50.2 Å². The second-order valence-corrected chi connectivity index (χ2v) is 8.99. The van der Waals surface area contributed by atoms with Gasteiger partial charge < -0.3 is 14.5 Å². The van der Waals surface area contributed by atoms with Gasteiger partial charge in [0.1, 0.15) is 17.6 Å². The number of nitriles is 1. The van der Waals surface area contributed by atoms with Gasteiger partial charge in [0.2, 0.25) is 10.0 Å². The second kappa shape index (κ2) is 8.91. The van der Waals surface area contributed by atoms with Gasteiger partial charge in [0, 0.05) is 31.9 Å². The first kappa shape index (κ1) is 22.5. The Bertz CT molecular complexity index is 1140. The van der Waals surface area contributed by atoms with Crippen LogP contribution in [0.4, 0.5) is 10.1 Å². The summed E-state index contributed by atoms with van der Waals surface area (Å²) in [5, 5.41) is 14.1. The SMILES string of the molecule is CC(C)Oc1ccc(S(N)(=O)=O)cc1C(=O)N1CCN(c2ccc(C#N)c(F)c2)CC1. The van der Waals surface area contributed by atoms with Crippen molar-refractivity contribution in [1.29, 1.82) is 5.26 Å². The first-order valence-electron chi connectivity index (χ1n) is 9.67. The number of hydrogen-bond acceptors (Lipinski definition) is 6. The molecule has 0 aliphatic carbocycles. The average molecular weight is 447 g/mol. The summed E-state index contributed by atoms with van der Waals surface area (Å²) in [5.74, 6) is -0.676. The average Bonchev–Trinajstić information content (AvgIpc) is 2.72. The van der Waals surface area contributed by atoms with Gasteiger partial charge in [-0.25, -0.2) is 17.9 Å². The lowest BCUT2D eigenvalue weighted by molar-refractivity contribution is 0.0740. The number of carbonyl (C=O) groups is 1. The third-order valence-electron chi connectivity index (χ3n) is 4.88.